The Balaban J connectivity index is 1.55. The highest BCUT2D eigenvalue weighted by atomic mass is 32.1. The Bertz CT molecular complexity index is 1050. The molecule has 2 heterocycles. The van der Waals surface area contributed by atoms with Gasteiger partial charge < -0.3 is 9.73 Å². The number of benzene rings is 2. The van der Waals surface area contributed by atoms with Gasteiger partial charge in [-0.1, -0.05) is 24.3 Å². The molecule has 2 aromatic heterocycles. The number of hydrogen-bond donors (Lipinski definition) is 2. The first-order valence-corrected chi connectivity index (χ1v) is 8.56. The fourth-order valence-electron chi connectivity index (χ4n) is 2.54. The van der Waals surface area contributed by atoms with Crippen molar-refractivity contribution in [2.75, 3.05) is 5.32 Å². The summed E-state index contributed by atoms with van der Waals surface area (Å²) in [6.07, 6.45) is 0. The third-order valence-electron chi connectivity index (χ3n) is 3.61. The number of carbonyl (C=O) groups excluding carboxylic acids is 1. The van der Waals surface area contributed by atoms with Crippen LogP contribution in [0.3, 0.4) is 0 Å². The molecular weight excluding hydrogens is 340 g/mol. The van der Waals surface area contributed by atoms with E-state index in [1.165, 1.54) is 11.3 Å². The van der Waals surface area contributed by atoms with Gasteiger partial charge >= 0.3 is 0 Å². The first-order chi connectivity index (χ1) is 11.7. The van der Waals surface area contributed by atoms with Crippen LogP contribution in [-0.2, 0) is 0 Å². The van der Waals surface area contributed by atoms with Gasteiger partial charge in [-0.3, -0.25) is 10.1 Å². The van der Waals surface area contributed by atoms with Crippen molar-refractivity contribution in [2.45, 2.75) is 0 Å². The Morgan fingerprint density at radius 2 is 1.83 bits per heavy atom. The lowest BCUT2D eigenvalue weighted by Gasteiger charge is -2.08. The second kappa shape index (κ2) is 6.07. The second-order valence-corrected chi connectivity index (χ2v) is 6.55. The van der Waals surface area contributed by atoms with Gasteiger partial charge in [0.15, 0.2) is 5.11 Å². The molecule has 118 valence electrons. The Kier molecular flexibility index (Phi) is 3.76. The van der Waals surface area contributed by atoms with E-state index in [9.17, 15) is 4.79 Å². The summed E-state index contributed by atoms with van der Waals surface area (Å²) in [5.74, 6) is -0.215. The van der Waals surface area contributed by atoms with Gasteiger partial charge in [-0.15, -0.1) is 11.3 Å². The molecule has 0 saturated carbocycles. The van der Waals surface area contributed by atoms with Gasteiger partial charge in [-0.2, -0.15) is 0 Å². The van der Waals surface area contributed by atoms with Gasteiger partial charge in [0.25, 0.3) is 5.91 Å². The van der Waals surface area contributed by atoms with E-state index in [4.69, 9.17) is 16.6 Å². The number of fused-ring (bicyclic) bond motifs is 3. The van der Waals surface area contributed by atoms with Gasteiger partial charge in [0.05, 0.1) is 4.88 Å². The molecule has 4 aromatic rings. The highest BCUT2D eigenvalue weighted by molar-refractivity contribution is 7.80. The molecule has 0 aliphatic rings. The van der Waals surface area contributed by atoms with E-state index in [1.807, 2.05) is 53.9 Å². The molecule has 0 radical (unpaired) electrons. The minimum absolute atomic E-state index is 0.215. The molecule has 0 atom stereocenters. The van der Waals surface area contributed by atoms with Crippen LogP contribution >= 0.6 is 23.6 Å². The number of nitrogens with one attached hydrogen (secondary N) is 2. The molecule has 0 spiro atoms. The van der Waals surface area contributed by atoms with E-state index in [0.29, 0.717) is 4.88 Å². The summed E-state index contributed by atoms with van der Waals surface area (Å²) in [6.45, 7) is 0. The third-order valence-corrected chi connectivity index (χ3v) is 4.68. The zero-order valence-corrected chi connectivity index (χ0v) is 14.0. The van der Waals surface area contributed by atoms with Crippen molar-refractivity contribution < 1.29 is 9.21 Å². The summed E-state index contributed by atoms with van der Waals surface area (Å²) >= 11 is 6.57. The third kappa shape index (κ3) is 2.77. The summed E-state index contributed by atoms with van der Waals surface area (Å²) in [5, 5.41) is 9.91. The summed E-state index contributed by atoms with van der Waals surface area (Å²) in [6, 6.07) is 17.2. The van der Waals surface area contributed by atoms with Crippen LogP contribution in [-0.4, -0.2) is 11.0 Å². The Morgan fingerprint density at radius 3 is 2.67 bits per heavy atom. The number of anilines is 1. The average molecular weight is 352 g/mol. The highest BCUT2D eigenvalue weighted by Gasteiger charge is 2.10. The topological polar surface area (TPSA) is 54.3 Å². The summed E-state index contributed by atoms with van der Waals surface area (Å²) in [5.41, 5.74) is 2.38. The van der Waals surface area contributed by atoms with Crippen molar-refractivity contribution in [1.82, 2.24) is 5.32 Å². The smallest absolute Gasteiger partial charge is 0.267 e. The van der Waals surface area contributed by atoms with Crippen LogP contribution in [0.5, 0.6) is 0 Å². The first kappa shape index (κ1) is 14.9. The van der Waals surface area contributed by atoms with E-state index in [-0.39, 0.29) is 11.0 Å². The molecule has 4 nitrogen and oxygen atoms in total. The van der Waals surface area contributed by atoms with E-state index >= 15 is 0 Å². The number of hydrogen-bond acceptors (Lipinski definition) is 4. The molecule has 2 N–H and O–H groups in total. The minimum atomic E-state index is -0.215. The highest BCUT2D eigenvalue weighted by Crippen LogP contribution is 2.30. The number of thiophene rings is 1. The molecule has 1 amide bonds. The predicted octanol–water partition coefficient (Wildman–Crippen LogP) is 4.77. The Morgan fingerprint density at radius 1 is 1.00 bits per heavy atom. The van der Waals surface area contributed by atoms with Crippen LogP contribution in [0.1, 0.15) is 9.67 Å². The van der Waals surface area contributed by atoms with Crippen LogP contribution in [0.2, 0.25) is 0 Å². The van der Waals surface area contributed by atoms with Crippen molar-refractivity contribution in [3.8, 4) is 0 Å². The lowest BCUT2D eigenvalue weighted by molar-refractivity contribution is 0.0981. The van der Waals surface area contributed by atoms with Crippen LogP contribution in [0.4, 0.5) is 5.69 Å². The van der Waals surface area contributed by atoms with Gasteiger partial charge in [-0.25, -0.2) is 0 Å². The van der Waals surface area contributed by atoms with Crippen LogP contribution in [0.15, 0.2) is 64.4 Å². The SMILES string of the molecule is O=C(NC(=S)Nc1ccc2c(c1)oc1ccccc12)c1cccs1. The Labute approximate surface area is 147 Å². The molecule has 0 bridgehead atoms. The van der Waals surface area contributed by atoms with Gasteiger partial charge in [0.1, 0.15) is 11.2 Å². The molecule has 4 rings (SSSR count). The van der Waals surface area contributed by atoms with E-state index in [2.05, 4.69) is 10.6 Å². The first-order valence-electron chi connectivity index (χ1n) is 7.28. The lowest BCUT2D eigenvalue weighted by atomic mass is 10.1. The van der Waals surface area contributed by atoms with Crippen molar-refractivity contribution in [3.05, 3.63) is 64.9 Å². The number of amides is 1. The van der Waals surface area contributed by atoms with E-state index < -0.39 is 0 Å². The van der Waals surface area contributed by atoms with Crippen LogP contribution in [0, 0.1) is 0 Å². The van der Waals surface area contributed by atoms with Gasteiger partial charge in [-0.05, 0) is 41.9 Å². The maximum atomic E-state index is 12.0. The average Bonchev–Trinajstić information content (AvgIpc) is 3.22. The number of furan rings is 1. The molecule has 0 aliphatic heterocycles. The van der Waals surface area contributed by atoms with Crippen LogP contribution < -0.4 is 10.6 Å². The van der Waals surface area contributed by atoms with Gasteiger partial charge in [0.2, 0.25) is 0 Å². The number of carbonyl (C=O) groups is 1. The number of thiocarbonyl (C=S) groups is 1. The van der Waals surface area contributed by atoms with Crippen molar-refractivity contribution in [1.29, 1.82) is 0 Å². The fraction of sp³-hybridized carbons (Fsp3) is 0. The quantitative estimate of drug-likeness (QED) is 0.510. The predicted molar refractivity (Wildman–Crippen MR) is 102 cm³/mol. The molecule has 0 unspecified atom stereocenters. The summed E-state index contributed by atoms with van der Waals surface area (Å²) in [4.78, 5) is 12.6. The minimum Gasteiger partial charge on any atom is -0.456 e. The normalized spacial score (nSPS) is 10.8. The molecular formula is C18H12N2O2S2. The zero-order chi connectivity index (χ0) is 16.5. The lowest BCUT2D eigenvalue weighted by Crippen LogP contribution is -2.33. The largest absolute Gasteiger partial charge is 0.456 e. The molecule has 0 fully saturated rings. The number of rotatable bonds is 2. The maximum absolute atomic E-state index is 12.0. The van der Waals surface area contributed by atoms with Crippen LogP contribution in [0.25, 0.3) is 21.9 Å². The monoisotopic (exact) mass is 352 g/mol. The molecule has 2 aromatic carbocycles. The summed E-state index contributed by atoms with van der Waals surface area (Å²) < 4.78 is 5.85. The van der Waals surface area contributed by atoms with Crippen molar-refractivity contribution in [3.63, 3.8) is 0 Å². The number of para-hydroxylation sites is 1. The molecule has 24 heavy (non-hydrogen) atoms. The standard InChI is InChI=1S/C18H12N2O2S2/c21-17(16-6-3-9-24-16)20-18(23)19-11-7-8-13-12-4-1-2-5-14(12)22-15(13)10-11/h1-10H,(H2,19,20,21,23). The van der Waals surface area contributed by atoms with E-state index in [0.717, 1.165) is 27.6 Å². The van der Waals surface area contributed by atoms with Gasteiger partial charge in [0, 0.05) is 22.5 Å². The van der Waals surface area contributed by atoms with Crippen molar-refractivity contribution in [2.24, 2.45) is 0 Å². The maximum Gasteiger partial charge on any atom is 0.267 e. The van der Waals surface area contributed by atoms with E-state index in [1.54, 1.807) is 6.07 Å². The summed E-state index contributed by atoms with van der Waals surface area (Å²) in [7, 11) is 0. The molecule has 0 aliphatic carbocycles. The molecule has 6 heteroatoms. The fourth-order valence-corrected chi connectivity index (χ4v) is 3.37. The second-order valence-electron chi connectivity index (χ2n) is 5.19. The molecule has 0 saturated heterocycles. The zero-order valence-electron chi connectivity index (χ0n) is 12.4. The van der Waals surface area contributed by atoms with Crippen molar-refractivity contribution >= 4 is 62.2 Å². The Hall–Kier alpha value is -2.70.